The van der Waals surface area contributed by atoms with Crippen LogP contribution in [0.25, 0.3) is 10.9 Å². The Morgan fingerprint density at radius 3 is 2.60 bits per heavy atom. The lowest BCUT2D eigenvalue weighted by molar-refractivity contribution is 0.501. The molecule has 0 aliphatic carbocycles. The van der Waals surface area contributed by atoms with Crippen LogP contribution in [0, 0.1) is 0 Å². The summed E-state index contributed by atoms with van der Waals surface area (Å²) in [5.41, 5.74) is -0.312. The number of para-hydroxylation sites is 1. The van der Waals surface area contributed by atoms with Crippen LogP contribution >= 0.6 is 11.6 Å². The second-order valence-electron chi connectivity index (χ2n) is 3.15. The summed E-state index contributed by atoms with van der Waals surface area (Å²) < 4.78 is 37.2. The molecule has 2 aromatic rings. The van der Waals surface area contributed by atoms with E-state index >= 15 is 0 Å². The molecule has 0 amide bonds. The normalized spacial score (nSPS) is 12.0. The minimum Gasteiger partial charge on any atom is -0.445 e. The van der Waals surface area contributed by atoms with Gasteiger partial charge in [0.05, 0.1) is 10.5 Å². The van der Waals surface area contributed by atoms with Gasteiger partial charge in [0.2, 0.25) is 0 Å². The van der Waals surface area contributed by atoms with Gasteiger partial charge in [-0.2, -0.15) is 0 Å². The van der Waals surface area contributed by atoms with E-state index in [1.807, 2.05) is 0 Å². The fourth-order valence-electron chi connectivity index (χ4n) is 1.32. The third kappa shape index (κ3) is 1.92. The minimum atomic E-state index is -5.00. The van der Waals surface area contributed by atoms with Crippen LogP contribution in [0.3, 0.4) is 0 Å². The smallest absolute Gasteiger partial charge is 0.445 e. The van der Waals surface area contributed by atoms with Gasteiger partial charge in [0.25, 0.3) is 0 Å². The van der Waals surface area contributed by atoms with Crippen LogP contribution in [0.15, 0.2) is 30.5 Å². The molecule has 6 heteroatoms. The van der Waals surface area contributed by atoms with E-state index < -0.39 is 12.4 Å². The summed E-state index contributed by atoms with van der Waals surface area (Å²) in [6.07, 6.45) is 0.814. The molecule has 0 atom stereocenters. The first-order chi connectivity index (χ1) is 6.98. The minimum absolute atomic E-state index is 0.355. The molecule has 0 bridgehead atoms. The average Bonchev–Trinajstić information content (AvgIpc) is 2.16. The van der Waals surface area contributed by atoms with Gasteiger partial charge in [-0.1, -0.05) is 35.3 Å². The molecule has 15 heavy (non-hydrogen) atoms. The topological polar surface area (TPSA) is 12.9 Å². The van der Waals surface area contributed by atoms with Gasteiger partial charge in [-0.25, -0.2) is 0 Å². The maximum Gasteiger partial charge on any atom is 0.511 e. The lowest BCUT2D eigenvalue weighted by Crippen LogP contribution is -2.34. The summed E-state index contributed by atoms with van der Waals surface area (Å²) in [4.78, 5) is 3.71. The third-order valence-electron chi connectivity index (χ3n) is 2.06. The second kappa shape index (κ2) is 3.41. The molecule has 1 aromatic heterocycles. The lowest BCUT2D eigenvalue weighted by Gasteiger charge is -2.14. The van der Waals surface area contributed by atoms with Gasteiger partial charge in [0.15, 0.2) is 0 Å². The van der Waals surface area contributed by atoms with E-state index in [4.69, 9.17) is 11.6 Å². The van der Waals surface area contributed by atoms with Gasteiger partial charge in [-0.15, -0.1) is 0 Å². The van der Waals surface area contributed by atoms with Crippen molar-refractivity contribution in [2.75, 3.05) is 0 Å². The van der Waals surface area contributed by atoms with Crippen LogP contribution in [0.4, 0.5) is 12.9 Å². The Hall–Kier alpha value is -1.23. The van der Waals surface area contributed by atoms with Crippen LogP contribution < -0.4 is 5.46 Å². The Balaban J connectivity index is 2.68. The molecule has 0 N–H and O–H groups in total. The van der Waals surface area contributed by atoms with E-state index in [1.54, 1.807) is 18.2 Å². The Labute approximate surface area is 88.9 Å². The Morgan fingerprint density at radius 1 is 1.20 bits per heavy atom. The molecule has 0 fully saturated rings. The van der Waals surface area contributed by atoms with Crippen LogP contribution in [0.1, 0.15) is 0 Å². The molecular formula is C9H5BClF3N-. The monoisotopic (exact) mass is 230 g/mol. The predicted molar refractivity (Wildman–Crippen MR) is 55.5 cm³/mol. The van der Waals surface area contributed by atoms with E-state index in [9.17, 15) is 12.9 Å². The van der Waals surface area contributed by atoms with Gasteiger partial charge in [-0.05, 0) is 11.5 Å². The van der Waals surface area contributed by atoms with E-state index in [0.717, 1.165) is 12.3 Å². The van der Waals surface area contributed by atoms with Crippen LogP contribution in [-0.4, -0.2) is 12.0 Å². The highest BCUT2D eigenvalue weighted by Crippen LogP contribution is 2.21. The molecule has 0 saturated heterocycles. The Bertz CT molecular complexity index is 512. The standard InChI is InChI=1S/C9H5BClF3N/c11-8-3-1-2-6-4-7(10(12,13)14)5-15-9(6)8/h1-5H/q-1. The van der Waals surface area contributed by atoms with Crippen molar-refractivity contribution in [2.45, 2.75) is 0 Å². The molecular weight excluding hydrogens is 225 g/mol. The molecule has 0 radical (unpaired) electrons. The van der Waals surface area contributed by atoms with Crippen LogP contribution in [-0.2, 0) is 0 Å². The van der Waals surface area contributed by atoms with Crippen molar-refractivity contribution in [2.24, 2.45) is 0 Å². The van der Waals surface area contributed by atoms with E-state index in [2.05, 4.69) is 4.98 Å². The number of rotatable bonds is 1. The molecule has 1 aromatic carbocycles. The van der Waals surface area contributed by atoms with Gasteiger partial charge in [-0.3, -0.25) is 4.98 Å². The molecule has 0 aliphatic rings. The maximum atomic E-state index is 12.4. The summed E-state index contributed by atoms with van der Waals surface area (Å²) in [6, 6.07) is 5.81. The van der Waals surface area contributed by atoms with Crippen molar-refractivity contribution in [3.63, 3.8) is 0 Å². The lowest BCUT2D eigenvalue weighted by atomic mass is 9.81. The Morgan fingerprint density at radius 2 is 1.93 bits per heavy atom. The van der Waals surface area contributed by atoms with Crippen molar-refractivity contribution in [3.8, 4) is 0 Å². The van der Waals surface area contributed by atoms with E-state index in [-0.39, 0.29) is 0 Å². The largest absolute Gasteiger partial charge is 0.511 e. The number of aromatic nitrogens is 1. The molecule has 78 valence electrons. The summed E-state index contributed by atoms with van der Waals surface area (Å²) >= 11 is 5.78. The fraction of sp³-hybridized carbons (Fsp3) is 0. The highest BCUT2D eigenvalue weighted by atomic mass is 35.5. The number of hydrogen-bond acceptors (Lipinski definition) is 1. The first kappa shape index (κ1) is 10.3. The van der Waals surface area contributed by atoms with Gasteiger partial charge in [0.1, 0.15) is 0 Å². The summed E-state index contributed by atoms with van der Waals surface area (Å²) in [5.74, 6) is 0. The number of benzene rings is 1. The molecule has 0 aliphatic heterocycles. The molecule has 0 spiro atoms. The summed E-state index contributed by atoms with van der Waals surface area (Å²) in [5, 5.41) is 0.757. The third-order valence-corrected chi connectivity index (χ3v) is 2.37. The van der Waals surface area contributed by atoms with Gasteiger partial charge < -0.3 is 12.9 Å². The average molecular weight is 230 g/mol. The fourth-order valence-corrected chi connectivity index (χ4v) is 1.55. The Kier molecular flexibility index (Phi) is 2.34. The van der Waals surface area contributed by atoms with Gasteiger partial charge >= 0.3 is 6.98 Å². The zero-order chi connectivity index (χ0) is 11.1. The summed E-state index contributed by atoms with van der Waals surface area (Å²) in [7, 11) is 0. The highest BCUT2D eigenvalue weighted by Gasteiger charge is 2.26. The molecule has 2 rings (SSSR count). The number of hydrogen-bond donors (Lipinski definition) is 0. The highest BCUT2D eigenvalue weighted by molar-refractivity contribution is 6.73. The zero-order valence-electron chi connectivity index (χ0n) is 7.42. The first-order valence-electron chi connectivity index (χ1n) is 4.22. The maximum absolute atomic E-state index is 12.4. The zero-order valence-corrected chi connectivity index (χ0v) is 8.18. The second-order valence-corrected chi connectivity index (χ2v) is 3.56. The van der Waals surface area contributed by atoms with Crippen molar-refractivity contribution in [3.05, 3.63) is 35.5 Å². The van der Waals surface area contributed by atoms with Crippen molar-refractivity contribution >= 4 is 34.9 Å². The van der Waals surface area contributed by atoms with E-state index in [1.165, 1.54) is 0 Å². The molecule has 0 saturated carbocycles. The number of fused-ring (bicyclic) bond motifs is 1. The first-order valence-corrected chi connectivity index (χ1v) is 4.60. The quantitative estimate of drug-likeness (QED) is 0.686. The van der Waals surface area contributed by atoms with Crippen molar-refractivity contribution in [1.29, 1.82) is 0 Å². The van der Waals surface area contributed by atoms with Crippen molar-refractivity contribution in [1.82, 2.24) is 4.98 Å². The number of nitrogens with zero attached hydrogens (tertiary/aromatic N) is 1. The molecule has 1 heterocycles. The molecule has 1 nitrogen and oxygen atoms in total. The number of halogens is 4. The molecule has 0 unspecified atom stereocenters. The summed E-state index contributed by atoms with van der Waals surface area (Å²) in [6.45, 7) is -5.00. The van der Waals surface area contributed by atoms with Gasteiger partial charge in [0, 0.05) is 6.20 Å². The van der Waals surface area contributed by atoms with E-state index in [0.29, 0.717) is 15.9 Å². The number of pyridine rings is 1. The van der Waals surface area contributed by atoms with Crippen LogP contribution in [0.5, 0.6) is 0 Å². The predicted octanol–water partition coefficient (Wildman–Crippen LogP) is 2.94. The SMILES string of the molecule is F[B-](F)(F)c1cnc2c(Cl)cccc2c1. The van der Waals surface area contributed by atoms with Crippen LogP contribution in [0.2, 0.25) is 5.02 Å². The van der Waals surface area contributed by atoms with Crippen molar-refractivity contribution < 1.29 is 12.9 Å².